The predicted octanol–water partition coefficient (Wildman–Crippen LogP) is 17.2. The van der Waals surface area contributed by atoms with Gasteiger partial charge in [0.2, 0.25) is 0 Å². The molecule has 0 radical (unpaired) electrons. The van der Waals surface area contributed by atoms with E-state index in [4.69, 9.17) is 4.74 Å². The summed E-state index contributed by atoms with van der Waals surface area (Å²) in [7, 11) is 1.69. The maximum Gasteiger partial charge on any atom is 0.261 e. The normalized spacial score (nSPS) is 15.0. The first-order valence-electron chi connectivity index (χ1n) is 26.7. The van der Waals surface area contributed by atoms with E-state index >= 15 is 9.59 Å². The first-order chi connectivity index (χ1) is 31.4. The Morgan fingerprint density at radius 1 is 0.469 bits per heavy atom. The van der Waals surface area contributed by atoms with Crippen molar-refractivity contribution in [2.45, 2.75) is 233 Å². The fraction of sp³-hybridized carbons (Fsp3) is 0.732. The van der Waals surface area contributed by atoms with E-state index in [-0.39, 0.29) is 11.8 Å². The van der Waals surface area contributed by atoms with E-state index in [1.54, 1.807) is 7.11 Å². The summed E-state index contributed by atoms with van der Waals surface area (Å²) in [5.41, 5.74) is 2.60. The third-order valence-electron chi connectivity index (χ3n) is 13.9. The Balaban J connectivity index is 1.66. The van der Waals surface area contributed by atoms with Crippen LogP contribution in [-0.4, -0.2) is 48.1 Å². The minimum absolute atomic E-state index is 0.0521. The Hall–Kier alpha value is -2.71. The molecule has 2 aromatic heterocycles. The van der Waals surface area contributed by atoms with Crippen LogP contribution in [0.5, 0.6) is 5.06 Å². The van der Waals surface area contributed by atoms with Crippen LogP contribution >= 0.6 is 22.7 Å². The van der Waals surface area contributed by atoms with Gasteiger partial charge in [-0.05, 0) is 61.8 Å². The third-order valence-corrected chi connectivity index (χ3v) is 16.0. The Morgan fingerprint density at radius 2 is 0.797 bits per heavy atom. The summed E-state index contributed by atoms with van der Waals surface area (Å²) in [6.07, 6.45) is 40.8. The summed E-state index contributed by atoms with van der Waals surface area (Å²) in [5, 5.41) is 0.774. The van der Waals surface area contributed by atoms with Crippen LogP contribution in [0.15, 0.2) is 35.4 Å². The van der Waals surface area contributed by atoms with E-state index in [0.717, 1.165) is 58.2 Å². The summed E-state index contributed by atoms with van der Waals surface area (Å²) in [5.74, 6) is 0.603. The number of nitrogens with zero attached hydrogens (tertiary/aromatic N) is 2. The van der Waals surface area contributed by atoms with Gasteiger partial charge >= 0.3 is 0 Å². The summed E-state index contributed by atoms with van der Waals surface area (Å²) in [6, 6.07) is 7.84. The number of hydrogen-bond donors (Lipinski definition) is 0. The molecule has 0 bridgehead atoms. The number of methoxy groups -OCH3 is 1. The number of thiophene rings is 2. The van der Waals surface area contributed by atoms with E-state index in [1.165, 1.54) is 202 Å². The molecule has 360 valence electrons. The van der Waals surface area contributed by atoms with Gasteiger partial charge in [0.15, 0.2) is 11.3 Å². The monoisotopic (exact) mass is 919 g/mol. The zero-order chi connectivity index (χ0) is 45.8. The second-order valence-electron chi connectivity index (χ2n) is 19.3. The molecule has 2 aromatic rings. The van der Waals surface area contributed by atoms with E-state index in [1.807, 2.05) is 34.1 Å². The molecule has 0 N–H and O–H groups in total. The molecule has 6 nitrogen and oxygen atoms in total. The summed E-state index contributed by atoms with van der Waals surface area (Å²) in [4.78, 5) is 49.2. The summed E-state index contributed by atoms with van der Waals surface area (Å²) >= 11 is 2.93. The van der Waals surface area contributed by atoms with Crippen LogP contribution in [0.2, 0.25) is 0 Å². The largest absolute Gasteiger partial charge is 0.487 e. The molecular weight excluding hydrogens is 829 g/mol. The molecule has 2 aliphatic rings. The van der Waals surface area contributed by atoms with Crippen LogP contribution < -0.4 is 4.74 Å². The molecule has 4 rings (SSSR count). The predicted molar refractivity (Wildman–Crippen MR) is 275 cm³/mol. The van der Waals surface area contributed by atoms with Gasteiger partial charge in [-0.3, -0.25) is 14.4 Å². The van der Waals surface area contributed by atoms with Gasteiger partial charge in [0, 0.05) is 13.1 Å². The molecule has 0 fully saturated rings. The molecule has 0 spiro atoms. The topological polar surface area (TPSA) is 66.9 Å². The Kier molecular flexibility index (Phi) is 27.0. The molecule has 2 amide bonds. The second-order valence-corrected chi connectivity index (χ2v) is 21.5. The fourth-order valence-corrected chi connectivity index (χ4v) is 11.9. The third kappa shape index (κ3) is 17.5. The molecule has 0 aromatic carbocycles. The van der Waals surface area contributed by atoms with Crippen molar-refractivity contribution in [2.24, 2.45) is 11.8 Å². The standard InChI is InChI=1S/C56H90N2O4S2/c1-6-10-14-18-22-24-28-32-36-45(34-30-26-20-16-12-8-3)42-57-53(48-39-38-47(44-59)63-48)51-52(56(57)61)54(49-40-41-50(62-5)64-49)58(55(51)60)43-46(35-31-27-21-17-13-9-4)37-33-29-25-23-19-15-11-7-2/h38-41,44-46H,6-37,42-43H2,1-5H3. The summed E-state index contributed by atoms with van der Waals surface area (Å²) < 4.78 is 5.72. The van der Waals surface area contributed by atoms with Crippen molar-refractivity contribution < 1.29 is 19.1 Å². The van der Waals surface area contributed by atoms with Gasteiger partial charge in [-0.25, -0.2) is 0 Å². The van der Waals surface area contributed by atoms with Gasteiger partial charge in [0.1, 0.15) is 0 Å². The van der Waals surface area contributed by atoms with Crippen molar-refractivity contribution in [3.63, 3.8) is 0 Å². The quantitative estimate of drug-likeness (QED) is 0.0493. The van der Waals surface area contributed by atoms with Crippen molar-refractivity contribution in [1.29, 1.82) is 0 Å². The minimum atomic E-state index is -0.0521. The highest BCUT2D eigenvalue weighted by atomic mass is 32.1. The van der Waals surface area contributed by atoms with Crippen LogP contribution in [0.1, 0.15) is 253 Å². The van der Waals surface area contributed by atoms with Crippen LogP contribution in [0.3, 0.4) is 0 Å². The number of aldehydes is 1. The van der Waals surface area contributed by atoms with Crippen molar-refractivity contribution >= 4 is 52.2 Å². The minimum Gasteiger partial charge on any atom is -0.487 e. The van der Waals surface area contributed by atoms with E-state index in [9.17, 15) is 4.79 Å². The average Bonchev–Trinajstić information content (AvgIpc) is 4.10. The van der Waals surface area contributed by atoms with Crippen molar-refractivity contribution in [3.8, 4) is 5.06 Å². The van der Waals surface area contributed by atoms with Crippen molar-refractivity contribution in [3.05, 3.63) is 50.0 Å². The number of amides is 2. The molecule has 0 saturated carbocycles. The van der Waals surface area contributed by atoms with Gasteiger partial charge in [0.05, 0.1) is 44.3 Å². The second kappa shape index (κ2) is 32.1. The average molecular weight is 919 g/mol. The Labute approximate surface area is 399 Å². The van der Waals surface area contributed by atoms with Gasteiger partial charge in [0.25, 0.3) is 11.8 Å². The first kappa shape index (κ1) is 53.9. The maximum absolute atomic E-state index is 15.4. The number of fused-ring (bicyclic) bond motifs is 1. The lowest BCUT2D eigenvalue weighted by atomic mass is 9.93. The molecule has 64 heavy (non-hydrogen) atoms. The maximum atomic E-state index is 15.4. The lowest BCUT2D eigenvalue weighted by Gasteiger charge is -2.29. The zero-order valence-electron chi connectivity index (χ0n) is 41.4. The number of hydrogen-bond acceptors (Lipinski definition) is 6. The number of carbonyl (C=O) groups excluding carboxylic acids is 3. The van der Waals surface area contributed by atoms with Gasteiger partial charge in [-0.1, -0.05) is 219 Å². The molecule has 0 saturated heterocycles. The number of ether oxygens (including phenoxy) is 1. The highest BCUT2D eigenvalue weighted by Gasteiger charge is 2.50. The SMILES string of the molecule is CCCCCCCCCCC(CCCCCCCC)CN1C(=O)C2=C(c3ccc(OC)s3)N(CC(CCCCCCCC)CCCCCCCCCC)C(=O)C2=C1c1ccc(C=O)s1. The van der Waals surface area contributed by atoms with E-state index < -0.39 is 0 Å². The highest BCUT2D eigenvalue weighted by Crippen LogP contribution is 2.50. The molecule has 2 aliphatic heterocycles. The van der Waals surface area contributed by atoms with Gasteiger partial charge < -0.3 is 14.5 Å². The molecule has 0 aliphatic carbocycles. The fourth-order valence-electron chi connectivity index (χ4n) is 10.1. The first-order valence-corrected chi connectivity index (χ1v) is 28.4. The molecule has 8 heteroatoms. The molecular formula is C56H90N2O4S2. The molecule has 2 unspecified atom stereocenters. The molecule has 2 atom stereocenters. The van der Waals surface area contributed by atoms with E-state index in [2.05, 4.69) is 27.7 Å². The zero-order valence-corrected chi connectivity index (χ0v) is 43.1. The number of rotatable bonds is 40. The van der Waals surface area contributed by atoms with Gasteiger partial charge in [-0.2, -0.15) is 0 Å². The van der Waals surface area contributed by atoms with Crippen LogP contribution in [0, 0.1) is 11.8 Å². The Bertz CT molecular complexity index is 1690. The van der Waals surface area contributed by atoms with Gasteiger partial charge in [-0.15, -0.1) is 11.3 Å². The highest BCUT2D eigenvalue weighted by molar-refractivity contribution is 7.15. The van der Waals surface area contributed by atoms with E-state index in [0.29, 0.717) is 40.9 Å². The van der Waals surface area contributed by atoms with Crippen molar-refractivity contribution in [1.82, 2.24) is 9.80 Å². The lowest BCUT2D eigenvalue weighted by molar-refractivity contribution is -0.124. The van der Waals surface area contributed by atoms with Crippen molar-refractivity contribution in [2.75, 3.05) is 20.2 Å². The number of carbonyl (C=O) groups is 3. The lowest BCUT2D eigenvalue weighted by Crippen LogP contribution is -2.34. The summed E-state index contributed by atoms with van der Waals surface area (Å²) in [6.45, 7) is 10.3. The van der Waals surface area contributed by atoms with Crippen LogP contribution in [0.4, 0.5) is 0 Å². The Morgan fingerprint density at radius 3 is 1.11 bits per heavy atom. The number of unbranched alkanes of at least 4 members (excludes halogenated alkanes) is 24. The van der Waals surface area contributed by atoms with Crippen LogP contribution in [0.25, 0.3) is 11.4 Å². The van der Waals surface area contributed by atoms with Crippen LogP contribution in [-0.2, 0) is 9.59 Å². The molecule has 4 heterocycles. The smallest absolute Gasteiger partial charge is 0.261 e.